The number of carbonyl (C=O) groups is 1. The van der Waals surface area contributed by atoms with Crippen molar-refractivity contribution in [3.63, 3.8) is 0 Å². The Bertz CT molecular complexity index is 413. The molecule has 0 radical (unpaired) electrons. The lowest BCUT2D eigenvalue weighted by atomic mass is 9.89. The van der Waals surface area contributed by atoms with Crippen molar-refractivity contribution in [3.8, 4) is 0 Å². The average Bonchev–Trinajstić information content (AvgIpc) is 2.89. The molecule has 0 heterocycles. The maximum Gasteiger partial charge on any atom is 0.225 e. The van der Waals surface area contributed by atoms with Crippen LogP contribution >= 0.6 is 0 Å². The smallest absolute Gasteiger partial charge is 0.225 e. The molecule has 0 bridgehead atoms. The molecule has 2 rings (SSSR count). The highest BCUT2D eigenvalue weighted by atomic mass is 16.2. The van der Waals surface area contributed by atoms with Crippen molar-refractivity contribution in [1.82, 2.24) is 5.32 Å². The monoisotopic (exact) mass is 259 g/mol. The van der Waals surface area contributed by atoms with Crippen LogP contribution in [0.5, 0.6) is 0 Å². The van der Waals surface area contributed by atoms with Crippen LogP contribution in [0.3, 0.4) is 0 Å². The molecule has 104 valence electrons. The average molecular weight is 259 g/mol. The quantitative estimate of drug-likeness (QED) is 0.870. The first-order valence-electron chi connectivity index (χ1n) is 7.34. The lowest BCUT2D eigenvalue weighted by Gasteiger charge is -2.29. The number of carbonyl (C=O) groups excluding carboxylic acids is 1. The lowest BCUT2D eigenvalue weighted by molar-refractivity contribution is -0.129. The minimum absolute atomic E-state index is 0.147. The van der Waals surface area contributed by atoms with E-state index in [9.17, 15) is 4.79 Å². The second-order valence-corrected chi connectivity index (χ2v) is 6.66. The summed E-state index contributed by atoms with van der Waals surface area (Å²) in [6, 6.07) is 10.6. The zero-order valence-corrected chi connectivity index (χ0v) is 12.3. The SMILES string of the molecule is CC(C)(C)C(=O)NC(c1ccccc1)C1CCCC1. The summed E-state index contributed by atoms with van der Waals surface area (Å²) in [5.41, 5.74) is 0.915. The predicted octanol–water partition coefficient (Wildman–Crippen LogP) is 4.08. The van der Waals surface area contributed by atoms with Crippen LogP contribution in [-0.4, -0.2) is 5.91 Å². The van der Waals surface area contributed by atoms with Crippen LogP contribution < -0.4 is 5.32 Å². The van der Waals surface area contributed by atoms with Crippen molar-refractivity contribution in [3.05, 3.63) is 35.9 Å². The molecule has 2 heteroatoms. The van der Waals surface area contributed by atoms with Gasteiger partial charge in [-0.25, -0.2) is 0 Å². The van der Waals surface area contributed by atoms with E-state index in [1.165, 1.54) is 31.2 Å². The van der Waals surface area contributed by atoms with Crippen LogP contribution in [0.1, 0.15) is 58.1 Å². The van der Waals surface area contributed by atoms with E-state index in [2.05, 4.69) is 29.6 Å². The molecule has 1 saturated carbocycles. The highest BCUT2D eigenvalue weighted by Crippen LogP contribution is 2.36. The summed E-state index contributed by atoms with van der Waals surface area (Å²) in [4.78, 5) is 12.3. The predicted molar refractivity (Wildman–Crippen MR) is 78.7 cm³/mol. The van der Waals surface area contributed by atoms with Gasteiger partial charge in [0.05, 0.1) is 6.04 Å². The molecule has 1 N–H and O–H groups in total. The number of amides is 1. The summed E-state index contributed by atoms with van der Waals surface area (Å²) < 4.78 is 0. The number of benzene rings is 1. The van der Waals surface area contributed by atoms with Crippen molar-refractivity contribution in [2.75, 3.05) is 0 Å². The van der Waals surface area contributed by atoms with Gasteiger partial charge in [0, 0.05) is 5.41 Å². The minimum Gasteiger partial charge on any atom is -0.349 e. The third kappa shape index (κ3) is 3.59. The molecule has 1 aromatic rings. The minimum atomic E-state index is -0.328. The van der Waals surface area contributed by atoms with Crippen LogP contribution in [0, 0.1) is 11.3 Å². The van der Waals surface area contributed by atoms with Crippen molar-refractivity contribution < 1.29 is 4.79 Å². The van der Waals surface area contributed by atoms with Gasteiger partial charge in [-0.2, -0.15) is 0 Å². The molecule has 1 aliphatic rings. The van der Waals surface area contributed by atoms with E-state index in [1.807, 2.05) is 26.8 Å². The van der Waals surface area contributed by atoms with E-state index >= 15 is 0 Å². The molecule has 1 aliphatic carbocycles. The number of nitrogens with one attached hydrogen (secondary N) is 1. The van der Waals surface area contributed by atoms with Gasteiger partial charge in [0.25, 0.3) is 0 Å². The Morgan fingerprint density at radius 2 is 1.74 bits per heavy atom. The number of rotatable bonds is 3. The summed E-state index contributed by atoms with van der Waals surface area (Å²) in [7, 11) is 0. The second-order valence-electron chi connectivity index (χ2n) is 6.66. The van der Waals surface area contributed by atoms with Gasteiger partial charge in [-0.3, -0.25) is 4.79 Å². The molecule has 0 saturated heterocycles. The van der Waals surface area contributed by atoms with Gasteiger partial charge < -0.3 is 5.32 Å². The van der Waals surface area contributed by atoms with Crippen LogP contribution in [0.2, 0.25) is 0 Å². The molecule has 2 nitrogen and oxygen atoms in total. The maximum absolute atomic E-state index is 12.3. The van der Waals surface area contributed by atoms with E-state index in [1.54, 1.807) is 0 Å². The van der Waals surface area contributed by atoms with Crippen LogP contribution in [-0.2, 0) is 4.79 Å². The lowest BCUT2D eigenvalue weighted by Crippen LogP contribution is -2.39. The molecule has 1 atom stereocenters. The second kappa shape index (κ2) is 5.77. The van der Waals surface area contributed by atoms with E-state index in [-0.39, 0.29) is 17.4 Å². The molecular formula is C17H25NO. The van der Waals surface area contributed by atoms with Gasteiger partial charge in [-0.1, -0.05) is 63.9 Å². The Kier molecular flexibility index (Phi) is 4.28. The van der Waals surface area contributed by atoms with Crippen LogP contribution in [0.15, 0.2) is 30.3 Å². The maximum atomic E-state index is 12.3. The van der Waals surface area contributed by atoms with Crippen molar-refractivity contribution in [1.29, 1.82) is 0 Å². The molecule has 1 unspecified atom stereocenters. The van der Waals surface area contributed by atoms with Crippen molar-refractivity contribution in [2.45, 2.75) is 52.5 Å². The third-order valence-corrected chi connectivity index (χ3v) is 4.00. The largest absolute Gasteiger partial charge is 0.349 e. The molecule has 0 aliphatic heterocycles. The summed E-state index contributed by atoms with van der Waals surface area (Å²) in [6.07, 6.45) is 5.03. The first kappa shape index (κ1) is 14.1. The van der Waals surface area contributed by atoms with Gasteiger partial charge in [0.1, 0.15) is 0 Å². The first-order valence-corrected chi connectivity index (χ1v) is 7.34. The van der Waals surface area contributed by atoms with Gasteiger partial charge in [-0.15, -0.1) is 0 Å². The normalized spacial score (nSPS) is 18.3. The summed E-state index contributed by atoms with van der Waals surface area (Å²) in [5.74, 6) is 0.738. The number of hydrogen-bond acceptors (Lipinski definition) is 1. The van der Waals surface area contributed by atoms with E-state index in [0.29, 0.717) is 5.92 Å². The molecule has 0 aromatic heterocycles. The van der Waals surface area contributed by atoms with E-state index in [4.69, 9.17) is 0 Å². The van der Waals surface area contributed by atoms with Gasteiger partial charge in [-0.05, 0) is 24.3 Å². The summed E-state index contributed by atoms with van der Waals surface area (Å²) in [5, 5.41) is 3.28. The van der Waals surface area contributed by atoms with Gasteiger partial charge in [0.15, 0.2) is 0 Å². The van der Waals surface area contributed by atoms with Crippen LogP contribution in [0.4, 0.5) is 0 Å². The van der Waals surface area contributed by atoms with Crippen LogP contribution in [0.25, 0.3) is 0 Å². The molecule has 0 spiro atoms. The highest BCUT2D eigenvalue weighted by Gasteiger charge is 2.30. The standard InChI is InChI=1S/C17H25NO/c1-17(2,3)16(19)18-15(14-11-7-8-12-14)13-9-5-4-6-10-13/h4-6,9-10,14-15H,7-8,11-12H2,1-3H3,(H,18,19). The zero-order chi connectivity index (χ0) is 13.9. The Morgan fingerprint density at radius 1 is 1.16 bits per heavy atom. The Labute approximate surface area is 116 Å². The van der Waals surface area contributed by atoms with Gasteiger partial charge >= 0.3 is 0 Å². The van der Waals surface area contributed by atoms with Gasteiger partial charge in [0.2, 0.25) is 5.91 Å². The highest BCUT2D eigenvalue weighted by molar-refractivity contribution is 5.81. The van der Waals surface area contributed by atoms with E-state index < -0.39 is 0 Å². The fraction of sp³-hybridized carbons (Fsp3) is 0.588. The van der Waals surface area contributed by atoms with Crippen molar-refractivity contribution >= 4 is 5.91 Å². The summed E-state index contributed by atoms with van der Waals surface area (Å²) in [6.45, 7) is 5.91. The van der Waals surface area contributed by atoms with E-state index in [0.717, 1.165) is 0 Å². The fourth-order valence-electron chi connectivity index (χ4n) is 2.78. The molecule has 1 amide bonds. The Balaban J connectivity index is 2.18. The Morgan fingerprint density at radius 3 is 2.26 bits per heavy atom. The van der Waals surface area contributed by atoms with Crippen molar-refractivity contribution in [2.24, 2.45) is 11.3 Å². The third-order valence-electron chi connectivity index (χ3n) is 4.00. The molecule has 19 heavy (non-hydrogen) atoms. The molecule has 1 fully saturated rings. The Hall–Kier alpha value is -1.31. The topological polar surface area (TPSA) is 29.1 Å². The molecular weight excluding hydrogens is 234 g/mol. The number of hydrogen-bond donors (Lipinski definition) is 1. The molecule has 1 aromatic carbocycles. The summed E-state index contributed by atoms with van der Waals surface area (Å²) >= 11 is 0. The zero-order valence-electron chi connectivity index (χ0n) is 12.3. The fourth-order valence-corrected chi connectivity index (χ4v) is 2.78. The first-order chi connectivity index (χ1) is 8.98.